The molecule has 0 spiro atoms. The highest BCUT2D eigenvalue weighted by Gasteiger charge is 2.30. The molecule has 0 bridgehead atoms. The van der Waals surface area contributed by atoms with Gasteiger partial charge in [-0.05, 0) is 24.2 Å². The van der Waals surface area contributed by atoms with Gasteiger partial charge >= 0.3 is 6.18 Å². The smallest absolute Gasteiger partial charge is 0.309 e. The van der Waals surface area contributed by atoms with Crippen molar-refractivity contribution in [3.63, 3.8) is 0 Å². The number of alkyl halides is 3. The van der Waals surface area contributed by atoms with Crippen LogP contribution < -0.4 is 5.32 Å². The predicted molar refractivity (Wildman–Crippen MR) is 61.3 cm³/mol. The lowest BCUT2D eigenvalue weighted by Crippen LogP contribution is -2.20. The fraction of sp³-hybridized carbons (Fsp3) is 0.385. The maximum atomic E-state index is 12.4. The van der Waals surface area contributed by atoms with Gasteiger partial charge in [0.25, 0.3) is 0 Å². The van der Waals surface area contributed by atoms with Crippen LogP contribution >= 0.6 is 0 Å². The summed E-state index contributed by atoms with van der Waals surface area (Å²) in [5.74, 6) is 2.51. The molecule has 4 heteroatoms. The molecular formula is C13H14F3N. The average molecular weight is 241 g/mol. The summed E-state index contributed by atoms with van der Waals surface area (Å²) in [6.07, 6.45) is 1.39. The van der Waals surface area contributed by atoms with E-state index >= 15 is 0 Å². The molecule has 0 amide bonds. The van der Waals surface area contributed by atoms with Gasteiger partial charge in [-0.15, -0.1) is 12.3 Å². The third-order valence-electron chi connectivity index (χ3n) is 2.41. The second kappa shape index (κ2) is 5.74. The first-order chi connectivity index (χ1) is 7.99. The van der Waals surface area contributed by atoms with Crippen molar-refractivity contribution in [1.82, 2.24) is 5.32 Å². The first-order valence-corrected chi connectivity index (χ1v) is 5.33. The number of halogens is 3. The molecule has 1 unspecified atom stereocenters. The average Bonchev–Trinajstić information content (AvgIpc) is 2.28. The molecule has 1 N–H and O–H groups in total. The summed E-state index contributed by atoms with van der Waals surface area (Å²) in [6, 6.07) is 5.00. The first-order valence-electron chi connectivity index (χ1n) is 5.33. The number of nitrogens with one attached hydrogen (secondary N) is 1. The van der Waals surface area contributed by atoms with Gasteiger partial charge in [0.05, 0.1) is 5.56 Å². The molecule has 17 heavy (non-hydrogen) atoms. The lowest BCUT2D eigenvalue weighted by atomic mass is 10.0. The molecule has 0 aliphatic heterocycles. The van der Waals surface area contributed by atoms with Crippen LogP contribution in [0.4, 0.5) is 13.2 Å². The summed E-state index contributed by atoms with van der Waals surface area (Å²) < 4.78 is 37.1. The minimum atomic E-state index is -4.29. The van der Waals surface area contributed by atoms with Crippen molar-refractivity contribution >= 4 is 0 Å². The second-order valence-corrected chi connectivity index (χ2v) is 3.64. The van der Waals surface area contributed by atoms with Crippen molar-refractivity contribution in [2.75, 3.05) is 6.54 Å². The van der Waals surface area contributed by atoms with Gasteiger partial charge < -0.3 is 5.32 Å². The van der Waals surface area contributed by atoms with Gasteiger partial charge in [-0.1, -0.05) is 19.1 Å². The Morgan fingerprint density at radius 3 is 2.29 bits per heavy atom. The fourth-order valence-corrected chi connectivity index (χ4v) is 1.58. The molecule has 0 aliphatic rings. The molecule has 1 aromatic carbocycles. The Bertz CT molecular complexity index is 387. The molecule has 1 nitrogen and oxygen atoms in total. The van der Waals surface area contributed by atoms with E-state index in [0.29, 0.717) is 13.0 Å². The molecule has 92 valence electrons. The highest BCUT2D eigenvalue weighted by atomic mass is 19.4. The summed E-state index contributed by atoms with van der Waals surface area (Å²) in [5.41, 5.74) is 0.134. The molecule has 0 radical (unpaired) electrons. The number of hydrogen-bond acceptors (Lipinski definition) is 1. The third kappa shape index (κ3) is 3.79. The number of rotatable bonds is 4. The number of hydrogen-bond donors (Lipinski definition) is 1. The van der Waals surface area contributed by atoms with Crippen molar-refractivity contribution < 1.29 is 13.2 Å². The van der Waals surface area contributed by atoms with Crippen LogP contribution in [0.2, 0.25) is 0 Å². The normalized spacial score (nSPS) is 13.1. The van der Waals surface area contributed by atoms with Gasteiger partial charge in [-0.25, -0.2) is 0 Å². The van der Waals surface area contributed by atoms with Crippen LogP contribution in [0, 0.1) is 12.3 Å². The van der Waals surface area contributed by atoms with Crippen LogP contribution in [-0.2, 0) is 6.18 Å². The van der Waals surface area contributed by atoms with E-state index in [0.717, 1.165) is 17.7 Å². The Kier molecular flexibility index (Phi) is 4.59. The maximum Gasteiger partial charge on any atom is 0.416 e. The zero-order valence-corrected chi connectivity index (χ0v) is 9.51. The van der Waals surface area contributed by atoms with Crippen LogP contribution in [0.15, 0.2) is 24.3 Å². The van der Waals surface area contributed by atoms with Gasteiger partial charge in [0.15, 0.2) is 0 Å². The summed E-state index contributed by atoms with van der Waals surface area (Å²) in [4.78, 5) is 0. The van der Waals surface area contributed by atoms with Gasteiger partial charge in [0.1, 0.15) is 0 Å². The van der Waals surface area contributed by atoms with E-state index in [4.69, 9.17) is 6.42 Å². The summed E-state index contributed by atoms with van der Waals surface area (Å²) in [7, 11) is 0. The van der Waals surface area contributed by atoms with E-state index < -0.39 is 11.7 Å². The number of benzene rings is 1. The highest BCUT2D eigenvalue weighted by Crippen LogP contribution is 2.30. The van der Waals surface area contributed by atoms with E-state index in [-0.39, 0.29) is 6.04 Å². The first kappa shape index (κ1) is 13.6. The van der Waals surface area contributed by atoms with Crippen LogP contribution in [0.1, 0.15) is 30.5 Å². The van der Waals surface area contributed by atoms with Crippen molar-refractivity contribution in [2.45, 2.75) is 25.6 Å². The quantitative estimate of drug-likeness (QED) is 0.797. The maximum absolute atomic E-state index is 12.4. The van der Waals surface area contributed by atoms with Gasteiger partial charge in [0.2, 0.25) is 0 Å². The largest absolute Gasteiger partial charge is 0.416 e. The zero-order valence-electron chi connectivity index (χ0n) is 9.51. The summed E-state index contributed by atoms with van der Waals surface area (Å²) >= 11 is 0. The molecule has 1 rings (SSSR count). The highest BCUT2D eigenvalue weighted by molar-refractivity contribution is 5.27. The third-order valence-corrected chi connectivity index (χ3v) is 2.41. The minimum Gasteiger partial charge on any atom is -0.309 e. The standard InChI is InChI=1S/C13H14F3N/c1-3-5-12(17-4-2)10-6-8-11(9-7-10)13(14,15)16/h1,6-9,12,17H,4-5H2,2H3. The number of terminal acetylenes is 1. The van der Waals surface area contributed by atoms with Crippen LogP contribution in [0.3, 0.4) is 0 Å². The van der Waals surface area contributed by atoms with Crippen molar-refractivity contribution in [1.29, 1.82) is 0 Å². The Balaban J connectivity index is 2.88. The van der Waals surface area contributed by atoms with Gasteiger partial charge in [-0.3, -0.25) is 0 Å². The van der Waals surface area contributed by atoms with Crippen LogP contribution in [0.25, 0.3) is 0 Å². The molecule has 0 saturated carbocycles. The van der Waals surface area contributed by atoms with Crippen molar-refractivity contribution in [3.8, 4) is 12.3 Å². The Labute approximate surface area is 99.0 Å². The fourth-order valence-electron chi connectivity index (χ4n) is 1.58. The monoisotopic (exact) mass is 241 g/mol. The predicted octanol–water partition coefficient (Wildman–Crippen LogP) is 3.38. The van der Waals surface area contributed by atoms with Crippen LogP contribution in [-0.4, -0.2) is 6.54 Å². The summed E-state index contributed by atoms with van der Waals surface area (Å²) in [5, 5.41) is 3.13. The molecule has 0 saturated heterocycles. The Hall–Kier alpha value is -1.47. The van der Waals surface area contributed by atoms with Gasteiger partial charge in [0, 0.05) is 12.5 Å². The van der Waals surface area contributed by atoms with Gasteiger partial charge in [-0.2, -0.15) is 13.2 Å². The SMILES string of the molecule is C#CCC(NCC)c1ccc(C(F)(F)F)cc1. The topological polar surface area (TPSA) is 12.0 Å². The Morgan fingerprint density at radius 1 is 1.29 bits per heavy atom. The Morgan fingerprint density at radius 2 is 1.88 bits per heavy atom. The van der Waals surface area contributed by atoms with E-state index in [1.807, 2.05) is 6.92 Å². The molecule has 0 aromatic heterocycles. The van der Waals surface area contributed by atoms with Crippen molar-refractivity contribution in [2.24, 2.45) is 0 Å². The molecule has 0 heterocycles. The molecular weight excluding hydrogens is 227 g/mol. The van der Waals surface area contributed by atoms with E-state index in [9.17, 15) is 13.2 Å². The minimum absolute atomic E-state index is 0.0905. The molecule has 1 aromatic rings. The molecule has 0 fully saturated rings. The zero-order chi connectivity index (χ0) is 12.9. The van der Waals surface area contributed by atoms with E-state index in [1.165, 1.54) is 12.1 Å². The lowest BCUT2D eigenvalue weighted by Gasteiger charge is -2.16. The second-order valence-electron chi connectivity index (χ2n) is 3.64. The molecule has 1 atom stereocenters. The molecule has 0 aliphatic carbocycles. The van der Waals surface area contributed by atoms with Crippen LogP contribution in [0.5, 0.6) is 0 Å². The van der Waals surface area contributed by atoms with E-state index in [1.54, 1.807) is 0 Å². The van der Waals surface area contributed by atoms with Crippen molar-refractivity contribution in [3.05, 3.63) is 35.4 Å². The summed E-state index contributed by atoms with van der Waals surface area (Å²) in [6.45, 7) is 2.64. The van der Waals surface area contributed by atoms with E-state index in [2.05, 4.69) is 11.2 Å². The lowest BCUT2D eigenvalue weighted by molar-refractivity contribution is -0.137.